The lowest BCUT2D eigenvalue weighted by molar-refractivity contribution is 0.0785. The number of benzene rings is 1. The maximum absolute atomic E-state index is 9.95. The Morgan fingerprint density at radius 2 is 1.91 bits per heavy atom. The second-order valence-electron chi connectivity index (χ2n) is 5.87. The molecule has 0 spiro atoms. The van der Waals surface area contributed by atoms with Gasteiger partial charge in [0.15, 0.2) is 5.76 Å². The van der Waals surface area contributed by atoms with E-state index in [-0.39, 0.29) is 0 Å². The molecule has 23 heavy (non-hydrogen) atoms. The van der Waals surface area contributed by atoms with Gasteiger partial charge < -0.3 is 18.7 Å². The predicted molar refractivity (Wildman–Crippen MR) is 85.0 cm³/mol. The number of aryl methyl sites for hydroxylation is 1. The van der Waals surface area contributed by atoms with Gasteiger partial charge in [0.1, 0.15) is 23.8 Å². The molecule has 0 bridgehead atoms. The van der Waals surface area contributed by atoms with Crippen molar-refractivity contribution in [3.05, 3.63) is 59.7 Å². The molecule has 0 aliphatic heterocycles. The van der Waals surface area contributed by atoms with E-state index in [1.54, 1.807) is 32.2 Å². The standard InChI is InChI=1S/C18H19NO4/c1-12-15(19-17(23-12)16-5-4-10-21-16)11-22-14-8-6-13(7-9-14)18(2,3)20/h4-10,20H,11H2,1-3H3. The van der Waals surface area contributed by atoms with E-state index in [2.05, 4.69) is 4.98 Å². The van der Waals surface area contributed by atoms with Gasteiger partial charge in [-0.2, -0.15) is 0 Å². The molecule has 3 rings (SSSR count). The first kappa shape index (κ1) is 15.4. The van der Waals surface area contributed by atoms with Crippen LogP contribution in [0.4, 0.5) is 0 Å². The molecule has 0 saturated carbocycles. The molecule has 0 saturated heterocycles. The van der Waals surface area contributed by atoms with Crippen molar-refractivity contribution in [2.45, 2.75) is 33.0 Å². The second kappa shape index (κ2) is 5.93. The zero-order chi connectivity index (χ0) is 16.4. The summed E-state index contributed by atoms with van der Waals surface area (Å²) >= 11 is 0. The highest BCUT2D eigenvalue weighted by atomic mass is 16.5. The average Bonchev–Trinajstić information content (AvgIpc) is 3.14. The molecule has 3 aromatic rings. The van der Waals surface area contributed by atoms with Crippen LogP contribution >= 0.6 is 0 Å². The number of aromatic nitrogens is 1. The Bertz CT molecular complexity index is 764. The quantitative estimate of drug-likeness (QED) is 0.769. The van der Waals surface area contributed by atoms with E-state index in [1.807, 2.05) is 31.2 Å². The summed E-state index contributed by atoms with van der Waals surface area (Å²) in [6, 6.07) is 10.9. The van der Waals surface area contributed by atoms with Gasteiger partial charge in [-0.05, 0) is 50.6 Å². The van der Waals surface area contributed by atoms with Crippen LogP contribution in [0.2, 0.25) is 0 Å². The van der Waals surface area contributed by atoms with E-state index in [0.717, 1.165) is 11.3 Å². The minimum atomic E-state index is -0.862. The zero-order valence-corrected chi connectivity index (χ0v) is 13.4. The molecule has 0 atom stereocenters. The van der Waals surface area contributed by atoms with Gasteiger partial charge in [-0.25, -0.2) is 4.98 Å². The second-order valence-corrected chi connectivity index (χ2v) is 5.87. The van der Waals surface area contributed by atoms with Crippen molar-refractivity contribution >= 4 is 0 Å². The van der Waals surface area contributed by atoms with Gasteiger partial charge in [-0.15, -0.1) is 0 Å². The molecule has 1 N–H and O–H groups in total. The monoisotopic (exact) mass is 313 g/mol. The summed E-state index contributed by atoms with van der Waals surface area (Å²) < 4.78 is 16.6. The highest BCUT2D eigenvalue weighted by molar-refractivity contribution is 5.44. The summed E-state index contributed by atoms with van der Waals surface area (Å²) in [6.45, 7) is 5.64. The van der Waals surface area contributed by atoms with Gasteiger partial charge in [0, 0.05) is 0 Å². The molecule has 5 nitrogen and oxygen atoms in total. The molecule has 0 radical (unpaired) electrons. The lowest BCUT2D eigenvalue weighted by Crippen LogP contribution is -2.14. The normalized spacial score (nSPS) is 11.7. The van der Waals surface area contributed by atoms with E-state index in [0.29, 0.717) is 29.8 Å². The van der Waals surface area contributed by atoms with E-state index in [9.17, 15) is 5.11 Å². The first-order valence-electron chi connectivity index (χ1n) is 7.39. The van der Waals surface area contributed by atoms with Crippen LogP contribution in [-0.2, 0) is 12.2 Å². The van der Waals surface area contributed by atoms with Gasteiger partial charge in [0.05, 0.1) is 11.9 Å². The fraction of sp³-hybridized carbons (Fsp3) is 0.278. The summed E-state index contributed by atoms with van der Waals surface area (Å²) in [5.74, 6) is 2.45. The molecular formula is C18H19NO4. The Morgan fingerprint density at radius 1 is 1.17 bits per heavy atom. The number of hydrogen-bond acceptors (Lipinski definition) is 5. The first-order valence-corrected chi connectivity index (χ1v) is 7.39. The van der Waals surface area contributed by atoms with Gasteiger partial charge in [0.25, 0.3) is 5.89 Å². The molecule has 1 aromatic carbocycles. The lowest BCUT2D eigenvalue weighted by atomic mass is 9.99. The molecular weight excluding hydrogens is 294 g/mol. The van der Waals surface area contributed by atoms with Crippen LogP contribution in [0.5, 0.6) is 5.75 Å². The summed E-state index contributed by atoms with van der Waals surface area (Å²) in [5, 5.41) is 9.95. The Morgan fingerprint density at radius 3 is 2.52 bits per heavy atom. The summed E-state index contributed by atoms with van der Waals surface area (Å²) in [7, 11) is 0. The Balaban J connectivity index is 1.69. The number of aliphatic hydroxyl groups is 1. The largest absolute Gasteiger partial charge is 0.487 e. The number of hydrogen-bond donors (Lipinski definition) is 1. The average molecular weight is 313 g/mol. The summed E-state index contributed by atoms with van der Waals surface area (Å²) in [4.78, 5) is 4.40. The van der Waals surface area contributed by atoms with Crippen LogP contribution < -0.4 is 4.74 Å². The number of rotatable bonds is 5. The highest BCUT2D eigenvalue weighted by Crippen LogP contribution is 2.25. The maximum Gasteiger partial charge on any atom is 0.263 e. The Labute approximate surface area is 134 Å². The third-order valence-electron chi connectivity index (χ3n) is 3.56. The van der Waals surface area contributed by atoms with Crippen LogP contribution in [0.15, 0.2) is 51.5 Å². The number of ether oxygens (including phenoxy) is 1. The minimum absolute atomic E-state index is 0.303. The molecule has 0 amide bonds. The smallest absolute Gasteiger partial charge is 0.263 e. The van der Waals surface area contributed by atoms with Crippen molar-refractivity contribution < 1.29 is 18.7 Å². The van der Waals surface area contributed by atoms with Crippen molar-refractivity contribution in [3.63, 3.8) is 0 Å². The van der Waals surface area contributed by atoms with Crippen LogP contribution in [0.1, 0.15) is 30.9 Å². The third-order valence-corrected chi connectivity index (χ3v) is 3.56. The first-order chi connectivity index (χ1) is 10.9. The van der Waals surface area contributed by atoms with Crippen molar-refractivity contribution in [3.8, 4) is 17.4 Å². The molecule has 5 heteroatoms. The summed E-state index contributed by atoms with van der Waals surface area (Å²) in [5.41, 5.74) is 0.699. The zero-order valence-electron chi connectivity index (χ0n) is 13.4. The van der Waals surface area contributed by atoms with Gasteiger partial charge in [-0.3, -0.25) is 0 Å². The van der Waals surface area contributed by atoms with Gasteiger partial charge in [-0.1, -0.05) is 12.1 Å². The number of nitrogens with zero attached hydrogens (tertiary/aromatic N) is 1. The Kier molecular flexibility index (Phi) is 3.96. The molecule has 0 unspecified atom stereocenters. The van der Waals surface area contributed by atoms with E-state index < -0.39 is 5.60 Å². The van der Waals surface area contributed by atoms with Crippen molar-refractivity contribution in [2.24, 2.45) is 0 Å². The van der Waals surface area contributed by atoms with Crippen LogP contribution in [-0.4, -0.2) is 10.1 Å². The fourth-order valence-electron chi connectivity index (χ4n) is 2.18. The van der Waals surface area contributed by atoms with E-state index in [1.165, 1.54) is 0 Å². The number of oxazole rings is 1. The lowest BCUT2D eigenvalue weighted by Gasteiger charge is -2.17. The van der Waals surface area contributed by atoms with Crippen molar-refractivity contribution in [1.29, 1.82) is 0 Å². The third kappa shape index (κ3) is 3.46. The molecule has 0 aliphatic rings. The molecule has 0 aliphatic carbocycles. The molecule has 120 valence electrons. The maximum atomic E-state index is 9.95. The van der Waals surface area contributed by atoms with E-state index >= 15 is 0 Å². The Hall–Kier alpha value is -2.53. The van der Waals surface area contributed by atoms with Crippen molar-refractivity contribution in [2.75, 3.05) is 0 Å². The van der Waals surface area contributed by atoms with Gasteiger partial charge >= 0.3 is 0 Å². The molecule has 2 aromatic heterocycles. The van der Waals surface area contributed by atoms with Crippen LogP contribution in [0, 0.1) is 6.92 Å². The van der Waals surface area contributed by atoms with Crippen LogP contribution in [0.3, 0.4) is 0 Å². The van der Waals surface area contributed by atoms with Gasteiger partial charge in [0.2, 0.25) is 0 Å². The number of furan rings is 1. The molecule has 2 heterocycles. The van der Waals surface area contributed by atoms with E-state index in [4.69, 9.17) is 13.6 Å². The van der Waals surface area contributed by atoms with Crippen molar-refractivity contribution in [1.82, 2.24) is 4.98 Å². The summed E-state index contributed by atoms with van der Waals surface area (Å²) in [6.07, 6.45) is 1.58. The topological polar surface area (TPSA) is 68.6 Å². The predicted octanol–water partition coefficient (Wildman–Crippen LogP) is 4.05. The molecule has 0 fully saturated rings. The fourth-order valence-corrected chi connectivity index (χ4v) is 2.18. The van der Waals surface area contributed by atoms with Crippen LogP contribution in [0.25, 0.3) is 11.7 Å². The SMILES string of the molecule is Cc1oc(-c2ccco2)nc1COc1ccc(C(C)(C)O)cc1. The minimum Gasteiger partial charge on any atom is -0.487 e. The highest BCUT2D eigenvalue weighted by Gasteiger charge is 2.16.